The Morgan fingerprint density at radius 3 is 2.82 bits per heavy atom. The molecule has 0 aliphatic heterocycles. The maximum absolute atomic E-state index is 12.2. The van der Waals surface area contributed by atoms with Gasteiger partial charge in [0.15, 0.2) is 0 Å². The average molecular weight is 316 g/mol. The molecule has 3 rings (SSSR count). The Hall–Kier alpha value is -2.53. The lowest BCUT2D eigenvalue weighted by molar-refractivity contribution is 0.0522. The Kier molecular flexibility index (Phi) is 3.98. The first-order chi connectivity index (χ1) is 10.7. The molecular weight excluding hydrogens is 302 g/mol. The van der Waals surface area contributed by atoms with Crippen molar-refractivity contribution in [3.05, 3.63) is 53.4 Å². The molecule has 2 aromatic heterocycles. The lowest BCUT2D eigenvalue weighted by Gasteiger charge is -2.08. The van der Waals surface area contributed by atoms with Gasteiger partial charge in [0.05, 0.1) is 12.3 Å². The monoisotopic (exact) mass is 315 g/mol. The van der Waals surface area contributed by atoms with Gasteiger partial charge in [-0.05, 0) is 37.3 Å². The summed E-state index contributed by atoms with van der Waals surface area (Å²) in [4.78, 5) is 19.2. The number of fused-ring (bicyclic) bond motifs is 1. The van der Waals surface area contributed by atoms with Gasteiger partial charge in [-0.2, -0.15) is 0 Å². The summed E-state index contributed by atoms with van der Waals surface area (Å²) in [6.45, 7) is 2.08. The first-order valence-electron chi connectivity index (χ1n) is 6.84. The van der Waals surface area contributed by atoms with Gasteiger partial charge in [0.25, 0.3) is 0 Å². The number of ether oxygens (including phenoxy) is 1. The minimum Gasteiger partial charge on any atom is -0.461 e. The smallest absolute Gasteiger partial charge is 0.356 e. The second-order valence-electron chi connectivity index (χ2n) is 4.65. The van der Waals surface area contributed by atoms with E-state index in [4.69, 9.17) is 16.3 Å². The van der Waals surface area contributed by atoms with Crippen molar-refractivity contribution in [1.82, 2.24) is 9.97 Å². The van der Waals surface area contributed by atoms with Gasteiger partial charge in [-0.1, -0.05) is 11.6 Å². The standard InChI is InChI=1S/C16H14ClN3O2/c1-2-22-16(21)15-14(19-11-5-7-18-8-6-11)12-9-10(17)3-4-13(12)20-15/h3-9,20H,2H2,1H3,(H,18,19). The molecule has 1 aromatic carbocycles. The molecule has 112 valence electrons. The van der Waals surface area contributed by atoms with Crippen LogP contribution in [0.4, 0.5) is 11.4 Å². The molecule has 0 fully saturated rings. The van der Waals surface area contributed by atoms with Crippen LogP contribution >= 0.6 is 11.6 Å². The third-order valence-corrected chi connectivity index (χ3v) is 3.42. The molecule has 0 unspecified atom stereocenters. The molecule has 0 saturated heterocycles. The number of H-pyrrole nitrogens is 1. The number of halogens is 1. The van der Waals surface area contributed by atoms with Crippen LogP contribution in [0.2, 0.25) is 5.02 Å². The topological polar surface area (TPSA) is 67.0 Å². The van der Waals surface area contributed by atoms with Gasteiger partial charge in [-0.3, -0.25) is 4.98 Å². The van der Waals surface area contributed by atoms with Gasteiger partial charge in [0.1, 0.15) is 5.69 Å². The molecule has 0 bridgehead atoms. The number of anilines is 2. The van der Waals surface area contributed by atoms with Crippen molar-refractivity contribution >= 4 is 39.8 Å². The normalized spacial score (nSPS) is 10.6. The first kappa shape index (κ1) is 14.4. The Bertz CT molecular complexity index is 815. The molecule has 0 radical (unpaired) electrons. The van der Waals surface area contributed by atoms with Gasteiger partial charge >= 0.3 is 5.97 Å². The third kappa shape index (κ3) is 2.76. The molecule has 0 aliphatic rings. The van der Waals surface area contributed by atoms with Crippen LogP contribution in [0.15, 0.2) is 42.7 Å². The number of carbonyl (C=O) groups is 1. The van der Waals surface area contributed by atoms with E-state index in [0.717, 1.165) is 16.6 Å². The SMILES string of the molecule is CCOC(=O)c1[nH]c2ccc(Cl)cc2c1Nc1ccncc1. The second-order valence-corrected chi connectivity index (χ2v) is 5.08. The van der Waals surface area contributed by atoms with Crippen LogP contribution in [0, 0.1) is 0 Å². The highest BCUT2D eigenvalue weighted by atomic mass is 35.5. The average Bonchev–Trinajstić information content (AvgIpc) is 2.87. The minimum atomic E-state index is -0.411. The lowest BCUT2D eigenvalue weighted by Crippen LogP contribution is -2.07. The predicted octanol–water partition coefficient (Wildman–Crippen LogP) is 4.14. The molecule has 2 N–H and O–H groups in total. The zero-order valence-corrected chi connectivity index (χ0v) is 12.6. The third-order valence-electron chi connectivity index (χ3n) is 3.19. The quantitative estimate of drug-likeness (QED) is 0.710. The van der Waals surface area contributed by atoms with Crippen LogP contribution in [-0.4, -0.2) is 22.5 Å². The second kappa shape index (κ2) is 6.07. The van der Waals surface area contributed by atoms with E-state index in [1.165, 1.54) is 0 Å². The van der Waals surface area contributed by atoms with E-state index in [9.17, 15) is 4.79 Å². The highest BCUT2D eigenvalue weighted by Crippen LogP contribution is 2.32. The molecule has 3 aromatic rings. The number of rotatable bonds is 4. The molecule has 22 heavy (non-hydrogen) atoms. The summed E-state index contributed by atoms with van der Waals surface area (Å²) in [6, 6.07) is 9.04. The Morgan fingerprint density at radius 2 is 2.09 bits per heavy atom. The van der Waals surface area contributed by atoms with Crippen molar-refractivity contribution < 1.29 is 9.53 Å². The number of nitrogens with one attached hydrogen (secondary N) is 2. The van der Waals surface area contributed by atoms with E-state index in [1.807, 2.05) is 18.2 Å². The van der Waals surface area contributed by atoms with Crippen molar-refractivity contribution in [3.8, 4) is 0 Å². The number of aromatic nitrogens is 2. The van der Waals surface area contributed by atoms with E-state index in [0.29, 0.717) is 23.0 Å². The number of pyridine rings is 1. The summed E-state index contributed by atoms with van der Waals surface area (Å²) in [6.07, 6.45) is 3.35. The number of aromatic amines is 1. The summed E-state index contributed by atoms with van der Waals surface area (Å²) < 4.78 is 5.11. The van der Waals surface area contributed by atoms with E-state index in [1.54, 1.807) is 31.5 Å². The van der Waals surface area contributed by atoms with Gasteiger partial charge in [-0.15, -0.1) is 0 Å². The van der Waals surface area contributed by atoms with Crippen LogP contribution in [-0.2, 0) is 4.74 Å². The molecule has 2 heterocycles. The van der Waals surface area contributed by atoms with Crippen molar-refractivity contribution in [2.45, 2.75) is 6.92 Å². The van der Waals surface area contributed by atoms with Gasteiger partial charge in [0.2, 0.25) is 0 Å². The fraction of sp³-hybridized carbons (Fsp3) is 0.125. The van der Waals surface area contributed by atoms with Crippen molar-refractivity contribution in [2.75, 3.05) is 11.9 Å². The molecule has 0 spiro atoms. The van der Waals surface area contributed by atoms with Crippen LogP contribution in [0.3, 0.4) is 0 Å². The van der Waals surface area contributed by atoms with Crippen molar-refractivity contribution in [3.63, 3.8) is 0 Å². The number of benzene rings is 1. The zero-order chi connectivity index (χ0) is 15.5. The maximum Gasteiger partial charge on any atom is 0.356 e. The van der Waals surface area contributed by atoms with E-state index >= 15 is 0 Å². The van der Waals surface area contributed by atoms with Crippen molar-refractivity contribution in [1.29, 1.82) is 0 Å². The first-order valence-corrected chi connectivity index (χ1v) is 7.22. The molecule has 0 amide bonds. The molecule has 0 aliphatic carbocycles. The largest absolute Gasteiger partial charge is 0.461 e. The summed E-state index contributed by atoms with van der Waals surface area (Å²) in [5, 5.41) is 4.65. The van der Waals surface area contributed by atoms with Crippen LogP contribution < -0.4 is 5.32 Å². The highest BCUT2D eigenvalue weighted by molar-refractivity contribution is 6.31. The summed E-state index contributed by atoms with van der Waals surface area (Å²) in [7, 11) is 0. The van der Waals surface area contributed by atoms with Crippen molar-refractivity contribution in [2.24, 2.45) is 0 Å². The Labute approximate surface area is 132 Å². The number of hydrogen-bond acceptors (Lipinski definition) is 4. The lowest BCUT2D eigenvalue weighted by atomic mass is 10.2. The highest BCUT2D eigenvalue weighted by Gasteiger charge is 2.19. The van der Waals surface area contributed by atoms with Gasteiger partial charge in [0, 0.05) is 34.0 Å². The van der Waals surface area contributed by atoms with E-state index in [2.05, 4.69) is 15.3 Å². The van der Waals surface area contributed by atoms with Gasteiger partial charge in [-0.25, -0.2) is 4.79 Å². The molecule has 0 saturated carbocycles. The molecule has 0 atom stereocenters. The van der Waals surface area contributed by atoms with Crippen LogP contribution in [0.1, 0.15) is 17.4 Å². The fourth-order valence-electron chi connectivity index (χ4n) is 2.23. The van der Waals surface area contributed by atoms with E-state index < -0.39 is 5.97 Å². The molecule has 5 nitrogen and oxygen atoms in total. The van der Waals surface area contributed by atoms with Crippen LogP contribution in [0.5, 0.6) is 0 Å². The summed E-state index contributed by atoms with van der Waals surface area (Å²) in [5.74, 6) is -0.411. The number of esters is 1. The number of carbonyl (C=O) groups excluding carboxylic acids is 1. The molecule has 6 heteroatoms. The Morgan fingerprint density at radius 1 is 1.32 bits per heavy atom. The zero-order valence-electron chi connectivity index (χ0n) is 11.9. The minimum absolute atomic E-state index is 0.309. The number of nitrogens with zero attached hydrogens (tertiary/aromatic N) is 1. The predicted molar refractivity (Wildman–Crippen MR) is 86.8 cm³/mol. The van der Waals surface area contributed by atoms with E-state index in [-0.39, 0.29) is 0 Å². The van der Waals surface area contributed by atoms with Gasteiger partial charge < -0.3 is 15.0 Å². The fourth-order valence-corrected chi connectivity index (χ4v) is 2.40. The maximum atomic E-state index is 12.2. The Balaban J connectivity index is 2.13. The number of hydrogen-bond donors (Lipinski definition) is 2. The van der Waals surface area contributed by atoms with Crippen LogP contribution in [0.25, 0.3) is 10.9 Å². The summed E-state index contributed by atoms with van der Waals surface area (Å²) >= 11 is 6.08. The summed E-state index contributed by atoms with van der Waals surface area (Å²) in [5.41, 5.74) is 2.64. The molecular formula is C16H14ClN3O2.